The van der Waals surface area contributed by atoms with Gasteiger partial charge in [-0.3, -0.25) is 18.7 Å². The number of carbonyl (C=O) groups is 2. The third kappa shape index (κ3) is 7.88. The molecule has 0 N–H and O–H groups in total. The van der Waals surface area contributed by atoms with Crippen molar-refractivity contribution in [2.24, 2.45) is 0 Å². The van der Waals surface area contributed by atoms with Crippen molar-refractivity contribution in [3.63, 3.8) is 0 Å². The van der Waals surface area contributed by atoms with Crippen molar-refractivity contribution in [3.05, 3.63) is 93.4 Å². The van der Waals surface area contributed by atoms with Gasteiger partial charge in [0.25, 0.3) is 0 Å². The molecule has 51 heavy (non-hydrogen) atoms. The number of rotatable bonds is 11. The van der Waals surface area contributed by atoms with Gasteiger partial charge in [-0.25, -0.2) is 0 Å². The normalized spacial score (nSPS) is 14.0. The molecular formula is C37H34Br2N6O4S2. The minimum absolute atomic E-state index is 0.194. The first kappa shape index (κ1) is 35.7. The Kier molecular flexibility index (Phi) is 11.1. The van der Waals surface area contributed by atoms with E-state index >= 15 is 0 Å². The van der Waals surface area contributed by atoms with Crippen molar-refractivity contribution in [2.45, 2.75) is 54.8 Å². The number of hydrogen-bond acceptors (Lipinski definition) is 10. The Balaban J connectivity index is 0.000000159. The second kappa shape index (κ2) is 15.9. The van der Waals surface area contributed by atoms with Crippen LogP contribution in [0.4, 0.5) is 0 Å². The Morgan fingerprint density at radius 1 is 0.667 bits per heavy atom. The number of esters is 2. The average molecular weight is 851 g/mol. The molecule has 14 heteroatoms. The van der Waals surface area contributed by atoms with Crippen LogP contribution in [0, 0.1) is 0 Å². The van der Waals surface area contributed by atoms with E-state index in [0.29, 0.717) is 38.2 Å². The highest BCUT2D eigenvalue weighted by Gasteiger charge is 2.28. The zero-order valence-electron chi connectivity index (χ0n) is 27.9. The Hall–Kier alpha value is -3.72. The first-order valence-corrected chi connectivity index (χ1v) is 20.2. The molecule has 10 nitrogen and oxygen atoms in total. The quantitative estimate of drug-likeness (QED) is 0.0925. The molecule has 2 aliphatic carbocycles. The first-order chi connectivity index (χ1) is 24.9. The van der Waals surface area contributed by atoms with Gasteiger partial charge >= 0.3 is 11.9 Å². The van der Waals surface area contributed by atoms with E-state index in [0.717, 1.165) is 22.1 Å². The molecule has 0 atom stereocenters. The van der Waals surface area contributed by atoms with E-state index in [4.69, 9.17) is 9.47 Å². The smallest absolute Gasteiger partial charge is 0.316 e. The van der Waals surface area contributed by atoms with Gasteiger partial charge in [-0.2, -0.15) is 0 Å². The third-order valence-electron chi connectivity index (χ3n) is 8.74. The predicted molar refractivity (Wildman–Crippen MR) is 207 cm³/mol. The molecule has 0 saturated heterocycles. The fraction of sp³-hybridized carbons (Fsp3) is 0.297. The maximum atomic E-state index is 11.7. The van der Waals surface area contributed by atoms with Gasteiger partial charge in [0.2, 0.25) is 9.47 Å². The Bertz CT molecular complexity index is 2230. The first-order valence-electron chi connectivity index (χ1n) is 16.6. The molecular weight excluding hydrogens is 816 g/mol. The van der Waals surface area contributed by atoms with Crippen molar-refractivity contribution in [1.29, 1.82) is 0 Å². The minimum Gasteiger partial charge on any atom is -0.468 e. The van der Waals surface area contributed by atoms with E-state index in [2.05, 4.69) is 113 Å². The second-order valence-corrected chi connectivity index (χ2v) is 15.4. The van der Waals surface area contributed by atoms with Crippen molar-refractivity contribution in [1.82, 2.24) is 29.5 Å². The lowest BCUT2D eigenvalue weighted by Crippen LogP contribution is -2.08. The molecule has 6 aromatic rings. The minimum atomic E-state index is -0.287. The second-order valence-electron chi connectivity index (χ2n) is 12.1. The molecule has 0 aliphatic heterocycles. The summed E-state index contributed by atoms with van der Waals surface area (Å²) in [6.07, 6.45) is 5.06. The van der Waals surface area contributed by atoms with E-state index in [1.54, 1.807) is 6.92 Å². The molecule has 0 unspecified atom stereocenters. The Labute approximate surface area is 320 Å². The van der Waals surface area contributed by atoms with Crippen LogP contribution >= 0.6 is 55.4 Å². The SMILES string of the molecule is CCOC(=O)CSc1nnc(Br)n1-c1ccc(C2CC2)c2ccccc12.COC(=O)CSc1nnc(Br)n1-c1ccc(C2CC2)c2ccccc12. The highest BCUT2D eigenvalue weighted by molar-refractivity contribution is 9.10. The maximum absolute atomic E-state index is 11.7. The summed E-state index contributed by atoms with van der Waals surface area (Å²) in [5, 5.41) is 22.9. The molecule has 0 amide bonds. The summed E-state index contributed by atoms with van der Waals surface area (Å²) in [5.41, 5.74) is 4.83. The van der Waals surface area contributed by atoms with Crippen LogP contribution in [-0.4, -0.2) is 66.7 Å². The van der Waals surface area contributed by atoms with Crippen LogP contribution in [-0.2, 0) is 19.1 Å². The molecule has 0 radical (unpaired) electrons. The average Bonchev–Trinajstić information content (AvgIpc) is 4.10. The lowest BCUT2D eigenvalue weighted by molar-refractivity contribution is -0.140. The van der Waals surface area contributed by atoms with Gasteiger partial charge in [-0.05, 0) is 110 Å². The van der Waals surface area contributed by atoms with Crippen molar-refractivity contribution >= 4 is 88.9 Å². The summed E-state index contributed by atoms with van der Waals surface area (Å²) in [6, 6.07) is 25.5. The van der Waals surface area contributed by atoms with Crippen LogP contribution in [0.15, 0.2) is 92.6 Å². The lowest BCUT2D eigenvalue weighted by atomic mass is 9.99. The molecule has 2 fully saturated rings. The number of methoxy groups -OCH3 is 1. The molecule has 2 aliphatic rings. The number of ether oxygens (including phenoxy) is 2. The van der Waals surface area contributed by atoms with Gasteiger partial charge in [0.15, 0.2) is 10.3 Å². The predicted octanol–water partition coefficient (Wildman–Crippen LogP) is 9.04. The van der Waals surface area contributed by atoms with Gasteiger partial charge in [-0.15, -0.1) is 20.4 Å². The summed E-state index contributed by atoms with van der Waals surface area (Å²) in [4.78, 5) is 23.2. The summed E-state index contributed by atoms with van der Waals surface area (Å²) in [6.45, 7) is 2.18. The largest absolute Gasteiger partial charge is 0.468 e. The van der Waals surface area contributed by atoms with E-state index < -0.39 is 0 Å². The van der Waals surface area contributed by atoms with Crippen molar-refractivity contribution in [3.8, 4) is 11.4 Å². The van der Waals surface area contributed by atoms with Gasteiger partial charge in [0, 0.05) is 10.8 Å². The van der Waals surface area contributed by atoms with Gasteiger partial charge in [-0.1, -0.05) is 84.2 Å². The fourth-order valence-electron chi connectivity index (χ4n) is 6.11. The number of benzene rings is 4. The summed E-state index contributed by atoms with van der Waals surface area (Å²) in [5.74, 6) is 1.21. The summed E-state index contributed by atoms with van der Waals surface area (Å²) in [7, 11) is 1.38. The van der Waals surface area contributed by atoms with E-state index in [-0.39, 0.29) is 23.4 Å². The van der Waals surface area contributed by atoms with Crippen LogP contribution in [0.25, 0.3) is 32.9 Å². The highest BCUT2D eigenvalue weighted by atomic mass is 79.9. The Morgan fingerprint density at radius 2 is 1.10 bits per heavy atom. The molecule has 0 bridgehead atoms. The van der Waals surface area contributed by atoms with Crippen LogP contribution in [0.1, 0.15) is 55.6 Å². The zero-order chi connectivity index (χ0) is 35.5. The monoisotopic (exact) mass is 848 g/mol. The number of fused-ring (bicyclic) bond motifs is 2. The van der Waals surface area contributed by atoms with E-state index in [1.165, 1.54) is 78.2 Å². The number of hydrogen-bond donors (Lipinski definition) is 0. The summed E-state index contributed by atoms with van der Waals surface area (Å²) < 4.78 is 14.8. The standard InChI is InChI=1S/C19H18BrN3O2S.C18H16BrN3O2S/c1-2-25-17(24)11-26-19-22-21-18(20)23(19)16-10-9-13(12-7-8-12)14-5-3-4-6-15(14)16;1-24-16(23)10-25-18-21-20-17(19)22(18)15-9-8-12(11-6-7-11)13-4-2-3-5-14(13)15/h3-6,9-10,12H,2,7-8,11H2,1H3;2-5,8-9,11H,6-7,10H2,1H3. The van der Waals surface area contributed by atoms with Crippen molar-refractivity contribution < 1.29 is 19.1 Å². The van der Waals surface area contributed by atoms with Crippen LogP contribution in [0.2, 0.25) is 0 Å². The van der Waals surface area contributed by atoms with Crippen LogP contribution in [0.5, 0.6) is 0 Å². The number of aromatic nitrogens is 6. The fourth-order valence-corrected chi connectivity index (χ4v) is 8.74. The van der Waals surface area contributed by atoms with Gasteiger partial charge < -0.3 is 9.47 Å². The van der Waals surface area contributed by atoms with Crippen LogP contribution < -0.4 is 0 Å². The molecule has 0 spiro atoms. The molecule has 4 aromatic carbocycles. The number of carbonyl (C=O) groups excluding carboxylic acids is 2. The molecule has 8 rings (SSSR count). The van der Waals surface area contributed by atoms with Gasteiger partial charge in [0.1, 0.15) is 0 Å². The zero-order valence-corrected chi connectivity index (χ0v) is 32.7. The van der Waals surface area contributed by atoms with Crippen LogP contribution in [0.3, 0.4) is 0 Å². The molecule has 2 saturated carbocycles. The Morgan fingerprint density at radius 3 is 1.51 bits per heavy atom. The van der Waals surface area contributed by atoms with E-state index in [9.17, 15) is 9.59 Å². The number of halogens is 2. The number of thioether (sulfide) groups is 2. The molecule has 262 valence electrons. The molecule has 2 heterocycles. The molecule has 2 aromatic heterocycles. The lowest BCUT2D eigenvalue weighted by Gasteiger charge is -2.13. The number of nitrogens with zero attached hydrogens (tertiary/aromatic N) is 6. The van der Waals surface area contributed by atoms with Crippen molar-refractivity contribution in [2.75, 3.05) is 25.2 Å². The summed E-state index contributed by atoms with van der Waals surface area (Å²) >= 11 is 9.62. The topological polar surface area (TPSA) is 114 Å². The van der Waals surface area contributed by atoms with Gasteiger partial charge in [0.05, 0.1) is 36.6 Å². The third-order valence-corrected chi connectivity index (χ3v) is 11.6. The highest BCUT2D eigenvalue weighted by Crippen LogP contribution is 2.45. The van der Waals surface area contributed by atoms with E-state index in [1.807, 2.05) is 21.3 Å². The maximum Gasteiger partial charge on any atom is 0.316 e.